The average Bonchev–Trinajstić information content (AvgIpc) is 2.39. The molecule has 2 heterocycles. The molecule has 0 spiro atoms. The Bertz CT molecular complexity index is 359. The highest BCUT2D eigenvalue weighted by Gasteiger charge is 2.19. The van der Waals surface area contributed by atoms with E-state index in [4.69, 9.17) is 5.73 Å². The molecule has 3 nitrogen and oxygen atoms in total. The molecule has 0 saturated carbocycles. The summed E-state index contributed by atoms with van der Waals surface area (Å²) in [5.41, 5.74) is 7.04. The molecule has 0 aromatic carbocycles. The van der Waals surface area contributed by atoms with E-state index in [0.717, 1.165) is 31.2 Å². The summed E-state index contributed by atoms with van der Waals surface area (Å²) < 4.78 is 0. The van der Waals surface area contributed by atoms with Gasteiger partial charge in [0.15, 0.2) is 0 Å². The summed E-state index contributed by atoms with van der Waals surface area (Å²) in [5, 5.41) is 0. The Morgan fingerprint density at radius 1 is 1.50 bits per heavy atom. The fourth-order valence-electron chi connectivity index (χ4n) is 2.70. The molecule has 3 heteroatoms. The molecule has 2 atom stereocenters. The standard InChI is InChI=1S/C15H25N3/c1-3-13-5-4-8-18(11-13)15-7-6-14(10-17-15)9-12(2)16/h6-7,10,12-13H,3-5,8-9,11,16H2,1-2H3. The number of hydrogen-bond acceptors (Lipinski definition) is 3. The number of hydrogen-bond donors (Lipinski definition) is 1. The third kappa shape index (κ3) is 3.45. The van der Waals surface area contributed by atoms with Crippen molar-refractivity contribution in [3.8, 4) is 0 Å². The van der Waals surface area contributed by atoms with E-state index < -0.39 is 0 Å². The third-order valence-electron chi connectivity index (χ3n) is 3.79. The third-order valence-corrected chi connectivity index (χ3v) is 3.79. The molecule has 1 aliphatic rings. The van der Waals surface area contributed by atoms with Gasteiger partial charge >= 0.3 is 0 Å². The molecule has 2 rings (SSSR count). The van der Waals surface area contributed by atoms with Gasteiger partial charge in [-0.1, -0.05) is 19.4 Å². The van der Waals surface area contributed by atoms with Crippen molar-refractivity contribution in [3.05, 3.63) is 23.9 Å². The summed E-state index contributed by atoms with van der Waals surface area (Å²) >= 11 is 0. The molecule has 0 radical (unpaired) electrons. The normalized spacial score (nSPS) is 21.9. The maximum absolute atomic E-state index is 5.80. The van der Waals surface area contributed by atoms with E-state index in [1.54, 1.807) is 0 Å². The molecular weight excluding hydrogens is 222 g/mol. The van der Waals surface area contributed by atoms with Crippen molar-refractivity contribution < 1.29 is 0 Å². The Labute approximate surface area is 110 Å². The number of nitrogens with zero attached hydrogens (tertiary/aromatic N) is 2. The highest BCUT2D eigenvalue weighted by molar-refractivity contribution is 5.40. The highest BCUT2D eigenvalue weighted by atomic mass is 15.2. The van der Waals surface area contributed by atoms with Crippen LogP contribution in [0.1, 0.15) is 38.7 Å². The Balaban J connectivity index is 2.00. The maximum atomic E-state index is 5.80. The number of anilines is 1. The summed E-state index contributed by atoms with van der Waals surface area (Å²) in [6, 6.07) is 4.52. The number of pyridine rings is 1. The fourth-order valence-corrected chi connectivity index (χ4v) is 2.70. The number of rotatable bonds is 4. The van der Waals surface area contributed by atoms with Crippen LogP contribution in [-0.2, 0) is 6.42 Å². The molecule has 0 amide bonds. The molecule has 0 aliphatic carbocycles. The van der Waals surface area contributed by atoms with E-state index in [2.05, 4.69) is 28.9 Å². The van der Waals surface area contributed by atoms with Crippen LogP contribution in [0.15, 0.2) is 18.3 Å². The van der Waals surface area contributed by atoms with E-state index in [1.165, 1.54) is 24.8 Å². The van der Waals surface area contributed by atoms with Gasteiger partial charge in [-0.25, -0.2) is 4.98 Å². The minimum atomic E-state index is 0.206. The fraction of sp³-hybridized carbons (Fsp3) is 0.667. The zero-order valence-electron chi connectivity index (χ0n) is 11.6. The van der Waals surface area contributed by atoms with E-state index in [0.29, 0.717) is 0 Å². The summed E-state index contributed by atoms with van der Waals surface area (Å²) in [4.78, 5) is 7.02. The van der Waals surface area contributed by atoms with Crippen molar-refractivity contribution in [2.24, 2.45) is 11.7 Å². The number of aromatic nitrogens is 1. The van der Waals surface area contributed by atoms with Gasteiger partial charge in [-0.15, -0.1) is 0 Å². The Hall–Kier alpha value is -1.09. The monoisotopic (exact) mass is 247 g/mol. The van der Waals surface area contributed by atoms with Crippen LogP contribution in [0.4, 0.5) is 5.82 Å². The molecule has 2 N–H and O–H groups in total. The first-order chi connectivity index (χ1) is 8.69. The second-order valence-electron chi connectivity index (χ2n) is 5.57. The second-order valence-corrected chi connectivity index (χ2v) is 5.57. The van der Waals surface area contributed by atoms with Gasteiger partial charge in [0.1, 0.15) is 5.82 Å². The SMILES string of the molecule is CCC1CCCN(c2ccc(CC(C)N)cn2)C1. The minimum Gasteiger partial charge on any atom is -0.356 e. The van der Waals surface area contributed by atoms with Gasteiger partial charge in [0.25, 0.3) is 0 Å². The highest BCUT2D eigenvalue weighted by Crippen LogP contribution is 2.23. The van der Waals surface area contributed by atoms with E-state index in [-0.39, 0.29) is 6.04 Å². The number of nitrogens with two attached hydrogens (primary N) is 1. The molecule has 1 aromatic rings. The molecule has 1 aromatic heterocycles. The maximum Gasteiger partial charge on any atom is 0.128 e. The zero-order chi connectivity index (χ0) is 13.0. The second kappa shape index (κ2) is 6.19. The van der Waals surface area contributed by atoms with Crippen LogP contribution in [0.5, 0.6) is 0 Å². The van der Waals surface area contributed by atoms with Crippen LogP contribution in [0.2, 0.25) is 0 Å². The van der Waals surface area contributed by atoms with Gasteiger partial charge in [-0.05, 0) is 43.7 Å². The smallest absolute Gasteiger partial charge is 0.128 e. The summed E-state index contributed by atoms with van der Waals surface area (Å²) in [7, 11) is 0. The molecule has 18 heavy (non-hydrogen) atoms. The van der Waals surface area contributed by atoms with Crippen molar-refractivity contribution in [1.82, 2.24) is 4.98 Å². The first kappa shape index (κ1) is 13.3. The van der Waals surface area contributed by atoms with E-state index in [1.807, 2.05) is 13.1 Å². The van der Waals surface area contributed by atoms with Crippen molar-refractivity contribution in [3.63, 3.8) is 0 Å². The lowest BCUT2D eigenvalue weighted by Crippen LogP contribution is -2.35. The first-order valence-corrected chi connectivity index (χ1v) is 7.14. The van der Waals surface area contributed by atoms with Gasteiger partial charge in [0.05, 0.1) is 0 Å². The molecule has 0 bridgehead atoms. The Kier molecular flexibility index (Phi) is 4.59. The van der Waals surface area contributed by atoms with Gasteiger partial charge < -0.3 is 10.6 Å². The lowest BCUT2D eigenvalue weighted by molar-refractivity contribution is 0.403. The van der Waals surface area contributed by atoms with Crippen LogP contribution in [0, 0.1) is 5.92 Å². The van der Waals surface area contributed by atoms with E-state index in [9.17, 15) is 0 Å². The predicted octanol–water partition coefficient (Wildman–Crippen LogP) is 2.60. The van der Waals surface area contributed by atoms with Crippen LogP contribution >= 0.6 is 0 Å². The Morgan fingerprint density at radius 3 is 2.94 bits per heavy atom. The molecule has 1 saturated heterocycles. The first-order valence-electron chi connectivity index (χ1n) is 7.14. The molecular formula is C15H25N3. The van der Waals surface area contributed by atoms with Gasteiger partial charge in [0, 0.05) is 25.3 Å². The van der Waals surface area contributed by atoms with Crippen molar-refractivity contribution in [2.75, 3.05) is 18.0 Å². The largest absolute Gasteiger partial charge is 0.356 e. The topological polar surface area (TPSA) is 42.1 Å². The van der Waals surface area contributed by atoms with Crippen molar-refractivity contribution >= 4 is 5.82 Å². The van der Waals surface area contributed by atoms with Crippen LogP contribution in [0.25, 0.3) is 0 Å². The lowest BCUT2D eigenvalue weighted by atomic mass is 9.96. The van der Waals surface area contributed by atoms with Crippen molar-refractivity contribution in [1.29, 1.82) is 0 Å². The van der Waals surface area contributed by atoms with Crippen LogP contribution < -0.4 is 10.6 Å². The zero-order valence-corrected chi connectivity index (χ0v) is 11.6. The van der Waals surface area contributed by atoms with E-state index >= 15 is 0 Å². The summed E-state index contributed by atoms with van der Waals surface area (Å²) in [5.74, 6) is 1.96. The van der Waals surface area contributed by atoms with Crippen LogP contribution in [0.3, 0.4) is 0 Å². The van der Waals surface area contributed by atoms with Gasteiger partial charge in [0.2, 0.25) is 0 Å². The quantitative estimate of drug-likeness (QED) is 0.889. The predicted molar refractivity (Wildman–Crippen MR) is 76.8 cm³/mol. The molecule has 1 fully saturated rings. The van der Waals surface area contributed by atoms with Crippen molar-refractivity contribution in [2.45, 2.75) is 45.6 Å². The Morgan fingerprint density at radius 2 is 2.33 bits per heavy atom. The minimum absolute atomic E-state index is 0.206. The summed E-state index contributed by atoms with van der Waals surface area (Å²) in [6.07, 6.45) is 6.83. The van der Waals surface area contributed by atoms with Gasteiger partial charge in [-0.3, -0.25) is 0 Å². The lowest BCUT2D eigenvalue weighted by Gasteiger charge is -2.33. The molecule has 100 valence electrons. The summed E-state index contributed by atoms with van der Waals surface area (Å²) in [6.45, 7) is 6.63. The van der Waals surface area contributed by atoms with Crippen LogP contribution in [-0.4, -0.2) is 24.1 Å². The average molecular weight is 247 g/mol. The molecule has 2 unspecified atom stereocenters. The van der Waals surface area contributed by atoms with Gasteiger partial charge in [-0.2, -0.15) is 0 Å². The number of piperidine rings is 1. The molecule has 1 aliphatic heterocycles.